The molecule has 0 saturated carbocycles. The van der Waals surface area contributed by atoms with Gasteiger partial charge in [-0.3, -0.25) is 14.4 Å². The number of methoxy groups -OCH3 is 1. The van der Waals surface area contributed by atoms with Gasteiger partial charge in [-0.1, -0.05) is 41.9 Å². The summed E-state index contributed by atoms with van der Waals surface area (Å²) in [7, 11) is 1.37. The Balaban J connectivity index is 0.00000441. The van der Waals surface area contributed by atoms with Gasteiger partial charge in [-0.25, -0.2) is 9.48 Å². The summed E-state index contributed by atoms with van der Waals surface area (Å²) in [6, 6.07) is 19.6. The minimum atomic E-state index is -1.09. The van der Waals surface area contributed by atoms with Crippen molar-refractivity contribution >= 4 is 64.5 Å². The average Bonchev–Trinajstić information content (AvgIpc) is 2.92. The molecule has 1 heterocycles. The molecule has 1 atom stereocenters. The minimum absolute atomic E-state index is 0. The number of ether oxygens (including phenoxy) is 1. The summed E-state index contributed by atoms with van der Waals surface area (Å²) in [5.74, 6) is -1.84. The number of aromatic carboxylic acids is 1. The predicted molar refractivity (Wildman–Crippen MR) is 154 cm³/mol. The molecule has 40 heavy (non-hydrogen) atoms. The summed E-state index contributed by atoms with van der Waals surface area (Å²) in [6.45, 7) is 1.40. The number of carbonyl (C=O) groups is 3. The second kappa shape index (κ2) is 13.5. The number of amides is 1. The third-order valence-corrected chi connectivity index (χ3v) is 6.27. The molecule has 0 fully saturated rings. The number of anilines is 1. The van der Waals surface area contributed by atoms with Crippen molar-refractivity contribution in [2.75, 3.05) is 12.4 Å². The van der Waals surface area contributed by atoms with Crippen molar-refractivity contribution < 1.29 is 24.2 Å². The van der Waals surface area contributed by atoms with Gasteiger partial charge in [0.1, 0.15) is 6.04 Å². The van der Waals surface area contributed by atoms with E-state index in [1.807, 2.05) is 30.3 Å². The van der Waals surface area contributed by atoms with Gasteiger partial charge in [0.15, 0.2) is 5.78 Å². The van der Waals surface area contributed by atoms with Crippen LogP contribution < -0.4 is 15.6 Å². The normalized spacial score (nSPS) is 11.2. The zero-order valence-electron chi connectivity index (χ0n) is 21.1. The fourth-order valence-corrected chi connectivity index (χ4v) is 4.29. The topological polar surface area (TPSA) is 128 Å². The molecule has 4 aromatic rings. The number of hydrogen-bond acceptors (Lipinski definition) is 6. The molecule has 0 saturated heterocycles. The SMILES string of the molecule is COc1nn([C@@H](Cc2ccccc2)C(=O)Nc2ccc(C(=O)O)cc2)c(=O)cc1-c1cc(Cl)ccc1C(C)=O.[NaH]. The van der Waals surface area contributed by atoms with E-state index in [2.05, 4.69) is 10.4 Å². The van der Waals surface area contributed by atoms with E-state index in [1.165, 1.54) is 44.4 Å². The first-order valence-corrected chi connectivity index (χ1v) is 12.2. The zero-order valence-corrected chi connectivity index (χ0v) is 21.8. The van der Waals surface area contributed by atoms with Crippen LogP contribution >= 0.6 is 11.6 Å². The van der Waals surface area contributed by atoms with E-state index >= 15 is 0 Å². The van der Waals surface area contributed by atoms with Crippen LogP contribution in [0.15, 0.2) is 83.7 Å². The molecule has 3 aromatic carbocycles. The Bertz CT molecular complexity index is 1610. The number of Topliss-reactive ketones (excluding diaryl/α,β-unsaturated/α-hetero) is 1. The summed E-state index contributed by atoms with van der Waals surface area (Å²) in [4.78, 5) is 50.4. The Morgan fingerprint density at radius 1 is 1.00 bits per heavy atom. The molecule has 0 aliphatic carbocycles. The van der Waals surface area contributed by atoms with Crippen molar-refractivity contribution in [1.82, 2.24) is 9.78 Å². The number of carbonyl (C=O) groups excluding carboxylic acids is 2. The molecule has 0 unspecified atom stereocenters. The number of ketones is 1. The molecular weight excluding hydrogens is 545 g/mol. The van der Waals surface area contributed by atoms with Gasteiger partial charge in [-0.2, -0.15) is 0 Å². The van der Waals surface area contributed by atoms with Gasteiger partial charge >= 0.3 is 35.5 Å². The van der Waals surface area contributed by atoms with Gasteiger partial charge in [0.05, 0.1) is 18.2 Å². The number of rotatable bonds is 9. The molecule has 2 N–H and O–H groups in total. The summed E-state index contributed by atoms with van der Waals surface area (Å²) < 4.78 is 6.53. The van der Waals surface area contributed by atoms with Crippen LogP contribution in [0.5, 0.6) is 5.88 Å². The van der Waals surface area contributed by atoms with E-state index in [-0.39, 0.29) is 58.8 Å². The fraction of sp³-hybridized carbons (Fsp3) is 0.138. The Labute approximate surface area is 257 Å². The van der Waals surface area contributed by atoms with Crippen molar-refractivity contribution in [3.8, 4) is 17.0 Å². The number of carboxylic acid groups (broad SMARTS) is 1. The Kier molecular flexibility index (Phi) is 10.4. The summed E-state index contributed by atoms with van der Waals surface area (Å²) in [6.07, 6.45) is 0.130. The van der Waals surface area contributed by atoms with Crippen LogP contribution in [0.3, 0.4) is 0 Å². The first-order chi connectivity index (χ1) is 18.7. The quantitative estimate of drug-likeness (QED) is 0.228. The molecule has 0 aliphatic rings. The second-order valence-electron chi connectivity index (χ2n) is 8.67. The van der Waals surface area contributed by atoms with E-state index < -0.39 is 23.5 Å². The van der Waals surface area contributed by atoms with Crippen LogP contribution in [-0.4, -0.2) is 69.2 Å². The van der Waals surface area contributed by atoms with Crippen molar-refractivity contribution in [2.45, 2.75) is 19.4 Å². The molecule has 0 spiro atoms. The molecule has 11 heteroatoms. The molecule has 1 amide bonds. The zero-order chi connectivity index (χ0) is 28.1. The number of nitrogens with one attached hydrogen (secondary N) is 1. The number of nitrogens with zero attached hydrogens (tertiary/aromatic N) is 2. The van der Waals surface area contributed by atoms with Gasteiger partial charge in [0, 0.05) is 28.8 Å². The van der Waals surface area contributed by atoms with E-state index in [9.17, 15) is 19.2 Å². The number of hydrogen-bond donors (Lipinski definition) is 2. The Morgan fingerprint density at radius 3 is 2.27 bits per heavy atom. The van der Waals surface area contributed by atoms with Crippen molar-refractivity contribution in [3.63, 3.8) is 0 Å². The van der Waals surface area contributed by atoms with Crippen molar-refractivity contribution in [3.05, 3.63) is 111 Å². The van der Waals surface area contributed by atoms with E-state index in [1.54, 1.807) is 18.2 Å². The van der Waals surface area contributed by atoms with Crippen molar-refractivity contribution in [2.24, 2.45) is 0 Å². The Morgan fingerprint density at radius 2 is 1.68 bits per heavy atom. The van der Waals surface area contributed by atoms with Crippen LogP contribution in [0.1, 0.15) is 39.2 Å². The monoisotopic (exact) mass is 569 g/mol. The van der Waals surface area contributed by atoms with Crippen LogP contribution in [0.2, 0.25) is 5.02 Å². The molecule has 0 radical (unpaired) electrons. The van der Waals surface area contributed by atoms with E-state index in [4.69, 9.17) is 21.4 Å². The molecule has 4 rings (SSSR count). The van der Waals surface area contributed by atoms with Crippen LogP contribution in [-0.2, 0) is 11.2 Å². The maximum absolute atomic E-state index is 13.5. The number of benzene rings is 3. The number of carboxylic acids is 1. The maximum atomic E-state index is 13.5. The predicted octanol–water partition coefficient (Wildman–Crippen LogP) is 4.25. The van der Waals surface area contributed by atoms with E-state index in [0.29, 0.717) is 21.8 Å². The Hall–Kier alpha value is -3.76. The first-order valence-electron chi connectivity index (χ1n) is 11.8. The van der Waals surface area contributed by atoms with Gasteiger partial charge in [0.25, 0.3) is 5.56 Å². The number of halogens is 1. The van der Waals surface area contributed by atoms with E-state index in [0.717, 1.165) is 10.2 Å². The molecule has 1 aromatic heterocycles. The standard InChI is InChI=1S/C29H24ClN3O6.Na.H/c1-17(34)22-13-10-20(30)15-23(22)24-16-26(35)33(32-28(24)39-2)25(14-18-6-4-3-5-7-18)27(36)31-21-11-8-19(9-12-21)29(37)38;;/h3-13,15-16,25H,14H2,1-2H3,(H,31,36)(H,37,38);;/t25-;;/m0../s1. The molecular formula is C29H25ClN3NaO6. The third-order valence-electron chi connectivity index (χ3n) is 6.04. The van der Waals surface area contributed by atoms with Crippen LogP contribution in [0.4, 0.5) is 5.69 Å². The fourth-order valence-electron chi connectivity index (χ4n) is 4.11. The molecule has 9 nitrogen and oxygen atoms in total. The summed E-state index contributed by atoms with van der Waals surface area (Å²) >= 11 is 6.18. The van der Waals surface area contributed by atoms with Crippen LogP contribution in [0.25, 0.3) is 11.1 Å². The third kappa shape index (κ3) is 7.05. The van der Waals surface area contributed by atoms with Gasteiger partial charge in [-0.05, 0) is 60.5 Å². The average molecular weight is 570 g/mol. The molecule has 0 aliphatic heterocycles. The number of aromatic nitrogens is 2. The first kappa shape index (κ1) is 30.8. The summed E-state index contributed by atoms with van der Waals surface area (Å²) in [5.41, 5.74) is 1.57. The molecule has 200 valence electrons. The van der Waals surface area contributed by atoms with Gasteiger partial charge < -0.3 is 15.2 Å². The van der Waals surface area contributed by atoms with Crippen molar-refractivity contribution in [1.29, 1.82) is 0 Å². The second-order valence-corrected chi connectivity index (χ2v) is 9.11. The summed E-state index contributed by atoms with van der Waals surface area (Å²) in [5, 5.41) is 16.6. The van der Waals surface area contributed by atoms with Gasteiger partial charge in [-0.15, -0.1) is 5.10 Å². The van der Waals surface area contributed by atoms with Crippen LogP contribution in [0, 0.1) is 0 Å². The van der Waals surface area contributed by atoms with Gasteiger partial charge in [0.2, 0.25) is 11.8 Å². The molecule has 0 bridgehead atoms.